The highest BCUT2D eigenvalue weighted by atomic mass is 16.6. The molecule has 6 rings (SSSR count). The predicted octanol–water partition coefficient (Wildman–Crippen LogP) is 7.27. The van der Waals surface area contributed by atoms with Crippen LogP contribution in [-0.4, -0.2) is 36.8 Å². The van der Waals surface area contributed by atoms with Crippen LogP contribution in [0, 0.1) is 13.8 Å². The van der Waals surface area contributed by atoms with E-state index in [1.807, 2.05) is 4.90 Å². The van der Waals surface area contributed by atoms with E-state index in [4.69, 9.17) is 9.47 Å². The normalized spacial score (nSPS) is 20.4. The van der Waals surface area contributed by atoms with Gasteiger partial charge in [-0.3, -0.25) is 4.90 Å². The average molecular weight is 480 g/mol. The minimum atomic E-state index is -0.176. The minimum Gasteiger partial charge on any atom is -0.496 e. The van der Waals surface area contributed by atoms with Gasteiger partial charge in [-0.05, 0) is 96.2 Å². The monoisotopic (exact) mass is 479 g/mol. The van der Waals surface area contributed by atoms with E-state index >= 15 is 0 Å². The van der Waals surface area contributed by atoms with Gasteiger partial charge in [0, 0.05) is 12.0 Å². The zero-order valence-corrected chi connectivity index (χ0v) is 21.3. The second kappa shape index (κ2) is 9.16. The molecule has 2 aliphatic heterocycles. The van der Waals surface area contributed by atoms with E-state index in [1.54, 1.807) is 7.11 Å². The van der Waals surface area contributed by atoms with E-state index in [2.05, 4.69) is 80.6 Å². The lowest BCUT2D eigenvalue weighted by molar-refractivity contribution is 0.0539. The van der Waals surface area contributed by atoms with Gasteiger partial charge in [-0.25, -0.2) is 4.79 Å². The van der Waals surface area contributed by atoms with Crippen molar-refractivity contribution in [2.75, 3.05) is 13.7 Å². The van der Waals surface area contributed by atoms with Crippen LogP contribution in [0.15, 0.2) is 66.7 Å². The highest BCUT2D eigenvalue weighted by Crippen LogP contribution is 2.45. The average Bonchev–Trinajstić information content (AvgIpc) is 3.21. The van der Waals surface area contributed by atoms with Crippen LogP contribution in [0.2, 0.25) is 0 Å². The van der Waals surface area contributed by atoms with E-state index in [0.717, 1.165) is 37.0 Å². The molecule has 36 heavy (non-hydrogen) atoms. The number of fused-ring (bicyclic) bond motifs is 5. The molecule has 0 spiro atoms. The second-order valence-corrected chi connectivity index (χ2v) is 10.4. The fraction of sp³-hybridized carbons (Fsp3) is 0.344. The lowest BCUT2D eigenvalue weighted by Crippen LogP contribution is -2.51. The standard InChI is InChI=1S/C32H33NO3/c1-20-16-31(35-3)21(2)15-29(20)22-17-23-9-8-10-24(18-22)33(23)32(34)36-19-30-27-13-6-4-11-25(27)26-12-5-7-14-28(26)30/h4-7,11-17,23-24,30H,8-10,18-19H2,1-3H3. The topological polar surface area (TPSA) is 38.8 Å². The van der Waals surface area contributed by atoms with Gasteiger partial charge in [0.1, 0.15) is 12.4 Å². The predicted molar refractivity (Wildman–Crippen MR) is 143 cm³/mol. The lowest BCUT2D eigenvalue weighted by atomic mass is 9.82. The van der Waals surface area contributed by atoms with Crippen molar-refractivity contribution in [3.05, 3.63) is 94.6 Å². The Kier molecular flexibility index (Phi) is 5.83. The number of methoxy groups -OCH3 is 1. The molecule has 4 nitrogen and oxygen atoms in total. The zero-order chi connectivity index (χ0) is 24.8. The summed E-state index contributed by atoms with van der Waals surface area (Å²) < 4.78 is 11.6. The zero-order valence-electron chi connectivity index (χ0n) is 21.3. The van der Waals surface area contributed by atoms with Crippen LogP contribution >= 0.6 is 0 Å². The van der Waals surface area contributed by atoms with Crippen molar-refractivity contribution in [3.8, 4) is 16.9 Å². The summed E-state index contributed by atoms with van der Waals surface area (Å²) in [5.74, 6) is 1.01. The molecule has 1 amide bonds. The first kappa shape index (κ1) is 22.9. The van der Waals surface area contributed by atoms with Crippen molar-refractivity contribution in [3.63, 3.8) is 0 Å². The number of amides is 1. The van der Waals surface area contributed by atoms with Gasteiger partial charge in [0.25, 0.3) is 0 Å². The first-order valence-corrected chi connectivity index (χ1v) is 13.0. The summed E-state index contributed by atoms with van der Waals surface area (Å²) in [6.45, 7) is 4.61. The molecule has 2 atom stereocenters. The molecule has 0 aromatic heterocycles. The summed E-state index contributed by atoms with van der Waals surface area (Å²) in [6.07, 6.45) is 6.15. The third-order valence-electron chi connectivity index (χ3n) is 8.27. The molecule has 4 heteroatoms. The van der Waals surface area contributed by atoms with Gasteiger partial charge in [-0.1, -0.05) is 54.6 Å². The fourth-order valence-corrected chi connectivity index (χ4v) is 6.54. The Bertz CT molecular complexity index is 1310. The Morgan fingerprint density at radius 1 is 0.917 bits per heavy atom. The first-order valence-electron chi connectivity index (χ1n) is 13.0. The van der Waals surface area contributed by atoms with Gasteiger partial charge in [-0.15, -0.1) is 0 Å². The Morgan fingerprint density at radius 3 is 2.28 bits per heavy atom. The molecule has 3 aromatic carbocycles. The Hall–Kier alpha value is -3.53. The van der Waals surface area contributed by atoms with Gasteiger partial charge < -0.3 is 9.47 Å². The van der Waals surface area contributed by atoms with Gasteiger partial charge in [0.15, 0.2) is 0 Å². The van der Waals surface area contributed by atoms with Gasteiger partial charge in [0.2, 0.25) is 0 Å². The Morgan fingerprint density at radius 2 is 1.61 bits per heavy atom. The van der Waals surface area contributed by atoms with E-state index < -0.39 is 0 Å². The van der Waals surface area contributed by atoms with Crippen LogP contribution in [-0.2, 0) is 4.74 Å². The minimum absolute atomic E-state index is 0.0852. The third-order valence-corrected chi connectivity index (χ3v) is 8.27. The summed E-state index contributed by atoms with van der Waals surface area (Å²) in [7, 11) is 1.72. The number of piperidine rings is 1. The van der Waals surface area contributed by atoms with E-state index in [-0.39, 0.29) is 24.1 Å². The lowest BCUT2D eigenvalue weighted by Gasteiger charge is -2.44. The van der Waals surface area contributed by atoms with Gasteiger partial charge in [-0.2, -0.15) is 0 Å². The van der Waals surface area contributed by atoms with Crippen LogP contribution in [0.1, 0.15) is 59.4 Å². The molecule has 1 saturated heterocycles. The number of hydrogen-bond donors (Lipinski definition) is 0. The maximum atomic E-state index is 13.5. The molecule has 2 heterocycles. The fourth-order valence-electron chi connectivity index (χ4n) is 6.54. The molecule has 1 fully saturated rings. The van der Waals surface area contributed by atoms with Crippen LogP contribution in [0.5, 0.6) is 5.75 Å². The highest BCUT2D eigenvalue weighted by molar-refractivity contribution is 5.79. The quantitative estimate of drug-likeness (QED) is 0.395. The van der Waals surface area contributed by atoms with Crippen molar-refractivity contribution >= 4 is 11.7 Å². The smallest absolute Gasteiger partial charge is 0.410 e. The molecule has 3 aliphatic rings. The molecule has 2 bridgehead atoms. The number of hydrogen-bond acceptors (Lipinski definition) is 3. The van der Waals surface area contributed by atoms with Gasteiger partial charge >= 0.3 is 6.09 Å². The molecule has 184 valence electrons. The molecular formula is C32H33NO3. The van der Waals surface area contributed by atoms with Crippen LogP contribution in [0.4, 0.5) is 4.79 Å². The molecule has 2 unspecified atom stereocenters. The van der Waals surface area contributed by atoms with E-state index in [0.29, 0.717) is 6.61 Å². The Balaban J connectivity index is 1.23. The SMILES string of the molecule is COc1cc(C)c(C2=CC3CCCC(C2)N3C(=O)OCC2c3ccccc3-c3ccccc32)cc1C. The van der Waals surface area contributed by atoms with Crippen LogP contribution in [0.25, 0.3) is 16.7 Å². The second-order valence-electron chi connectivity index (χ2n) is 10.4. The first-order chi connectivity index (χ1) is 17.5. The number of nitrogens with zero attached hydrogens (tertiary/aromatic N) is 1. The van der Waals surface area contributed by atoms with Crippen molar-refractivity contribution < 1.29 is 14.3 Å². The molecule has 1 aliphatic carbocycles. The van der Waals surface area contributed by atoms with E-state index in [1.165, 1.54) is 39.0 Å². The van der Waals surface area contributed by atoms with Crippen molar-refractivity contribution in [1.82, 2.24) is 4.90 Å². The summed E-state index contributed by atoms with van der Waals surface area (Å²) in [5.41, 5.74) is 9.98. The maximum Gasteiger partial charge on any atom is 0.410 e. The molecular weight excluding hydrogens is 446 g/mol. The summed E-state index contributed by atoms with van der Waals surface area (Å²) in [4.78, 5) is 15.5. The van der Waals surface area contributed by atoms with Crippen molar-refractivity contribution in [2.24, 2.45) is 0 Å². The van der Waals surface area contributed by atoms with Crippen LogP contribution < -0.4 is 4.74 Å². The van der Waals surface area contributed by atoms with Crippen LogP contribution in [0.3, 0.4) is 0 Å². The van der Waals surface area contributed by atoms with Gasteiger partial charge in [0.05, 0.1) is 13.2 Å². The molecule has 0 radical (unpaired) electrons. The summed E-state index contributed by atoms with van der Waals surface area (Å²) in [5, 5.41) is 0. The highest BCUT2D eigenvalue weighted by Gasteiger charge is 2.39. The molecule has 0 saturated carbocycles. The summed E-state index contributed by atoms with van der Waals surface area (Å²) in [6, 6.07) is 21.6. The van der Waals surface area contributed by atoms with Crippen molar-refractivity contribution in [2.45, 2.75) is 57.5 Å². The van der Waals surface area contributed by atoms with E-state index in [9.17, 15) is 4.79 Å². The van der Waals surface area contributed by atoms with Crippen molar-refractivity contribution in [1.29, 1.82) is 0 Å². The largest absolute Gasteiger partial charge is 0.496 e. The number of benzene rings is 3. The number of rotatable bonds is 4. The number of carbonyl (C=O) groups is 1. The third kappa shape index (κ3) is 3.80. The Labute approximate surface area is 213 Å². The number of ether oxygens (including phenoxy) is 2. The number of carbonyl (C=O) groups excluding carboxylic acids is 1. The summed E-state index contributed by atoms with van der Waals surface area (Å²) >= 11 is 0. The maximum absolute atomic E-state index is 13.5. The molecule has 0 N–H and O–H groups in total. The number of aryl methyl sites for hydroxylation is 2. The molecule has 3 aromatic rings.